The summed E-state index contributed by atoms with van der Waals surface area (Å²) in [7, 11) is 0. The van der Waals surface area contributed by atoms with Crippen LogP contribution in [-0.4, -0.2) is 24.3 Å². The maximum Gasteiger partial charge on any atom is 0.178 e. The lowest BCUT2D eigenvalue weighted by Crippen LogP contribution is -2.52. The van der Waals surface area contributed by atoms with Gasteiger partial charge in [0.1, 0.15) is 0 Å². The highest BCUT2D eigenvalue weighted by Gasteiger charge is 2.68. The molecule has 5 unspecified atom stereocenters. The fourth-order valence-corrected chi connectivity index (χ4v) is 9.21. The number of ketones is 1. The summed E-state index contributed by atoms with van der Waals surface area (Å²) in [6, 6.07) is 0. The first-order valence-corrected chi connectivity index (χ1v) is 12.5. The van der Waals surface area contributed by atoms with Gasteiger partial charge in [0.05, 0.1) is 12.7 Å². The van der Waals surface area contributed by atoms with Gasteiger partial charge in [-0.15, -0.1) is 0 Å². The molecule has 0 radical (unpaired) electrons. The van der Waals surface area contributed by atoms with Gasteiger partial charge in [0.2, 0.25) is 0 Å². The van der Waals surface area contributed by atoms with Crippen LogP contribution in [0.3, 0.4) is 0 Å². The molecule has 2 heterocycles. The maximum atomic E-state index is 12.0. The second-order valence-corrected chi connectivity index (χ2v) is 12.1. The molecule has 6 rings (SSSR count). The molecule has 0 bridgehead atoms. The van der Waals surface area contributed by atoms with Gasteiger partial charge in [-0.25, -0.2) is 0 Å². The molecule has 3 saturated carbocycles. The molecule has 5 fully saturated rings. The highest BCUT2D eigenvalue weighted by Crippen LogP contribution is 2.70. The standard InChI is InChI=1S/C27H38O3/c1-16-7-12-27(29-15-16)17(2)24-23(30-27)14-22-20-6-5-18-13-19(28)8-10-25(18,3)21(20)9-11-26(22,24)4/h8,10,13,16-17,20-24H,5-7,9,11-12,14-15H2,1-4H3/t16-,17+,20?,21?,22?,23?,24?,25+,26+,27-/m1/s1. The topological polar surface area (TPSA) is 35.5 Å². The molecule has 0 aromatic heterocycles. The summed E-state index contributed by atoms with van der Waals surface area (Å²) in [6.07, 6.45) is 14.8. The van der Waals surface area contributed by atoms with E-state index in [9.17, 15) is 4.79 Å². The van der Waals surface area contributed by atoms with Crippen molar-refractivity contribution in [2.75, 3.05) is 6.61 Å². The highest BCUT2D eigenvalue weighted by atomic mass is 16.7. The van der Waals surface area contributed by atoms with Crippen molar-refractivity contribution in [3.8, 4) is 0 Å². The van der Waals surface area contributed by atoms with Gasteiger partial charge < -0.3 is 9.47 Å². The van der Waals surface area contributed by atoms with Gasteiger partial charge in [-0.1, -0.05) is 39.3 Å². The van der Waals surface area contributed by atoms with Crippen molar-refractivity contribution in [3.63, 3.8) is 0 Å². The van der Waals surface area contributed by atoms with Crippen LogP contribution in [0.2, 0.25) is 0 Å². The van der Waals surface area contributed by atoms with Crippen molar-refractivity contribution in [1.29, 1.82) is 0 Å². The molecule has 3 heteroatoms. The second kappa shape index (κ2) is 6.32. The molecule has 6 aliphatic rings. The highest BCUT2D eigenvalue weighted by molar-refractivity contribution is 6.01. The van der Waals surface area contributed by atoms with Gasteiger partial charge in [-0.3, -0.25) is 4.79 Å². The van der Waals surface area contributed by atoms with E-state index in [1.54, 1.807) is 0 Å². The fourth-order valence-electron chi connectivity index (χ4n) is 9.21. The molecule has 0 N–H and O–H groups in total. The van der Waals surface area contributed by atoms with E-state index in [1.165, 1.54) is 37.7 Å². The van der Waals surface area contributed by atoms with Gasteiger partial charge in [-0.05, 0) is 85.7 Å². The van der Waals surface area contributed by atoms with Crippen molar-refractivity contribution in [2.24, 2.45) is 46.3 Å². The monoisotopic (exact) mass is 410 g/mol. The van der Waals surface area contributed by atoms with Gasteiger partial charge >= 0.3 is 0 Å². The quantitative estimate of drug-likeness (QED) is 0.514. The Labute approximate surface area is 181 Å². The lowest BCUT2D eigenvalue weighted by Gasteiger charge is -2.57. The molecule has 30 heavy (non-hydrogen) atoms. The molecular weight excluding hydrogens is 372 g/mol. The van der Waals surface area contributed by atoms with Gasteiger partial charge in [0.15, 0.2) is 11.6 Å². The Morgan fingerprint density at radius 3 is 2.67 bits per heavy atom. The second-order valence-electron chi connectivity index (χ2n) is 12.1. The van der Waals surface area contributed by atoms with Crippen LogP contribution in [0.15, 0.2) is 23.8 Å². The summed E-state index contributed by atoms with van der Waals surface area (Å²) in [4.78, 5) is 12.0. The van der Waals surface area contributed by atoms with Crippen LogP contribution in [0.1, 0.15) is 72.6 Å². The summed E-state index contributed by atoms with van der Waals surface area (Å²) in [5, 5.41) is 0. The molecule has 0 amide bonds. The normalized spacial score (nSPS) is 56.9. The van der Waals surface area contributed by atoms with Crippen LogP contribution in [-0.2, 0) is 14.3 Å². The Balaban J connectivity index is 1.29. The Morgan fingerprint density at radius 2 is 1.90 bits per heavy atom. The fraction of sp³-hybridized carbons (Fsp3) is 0.815. The Kier molecular flexibility index (Phi) is 4.15. The Morgan fingerprint density at radius 1 is 1.07 bits per heavy atom. The average molecular weight is 411 g/mol. The SMILES string of the molecule is C[C@@H]1CC[C@@]2(OC1)OC1CC3C4CCC5=CC(=O)C=C[C@]5(C)C4CC[C@]3(C)C1[C@@H]2C. The molecule has 10 atom stereocenters. The minimum absolute atomic E-state index is 0.0895. The number of fused-ring (bicyclic) bond motifs is 7. The number of ether oxygens (including phenoxy) is 2. The summed E-state index contributed by atoms with van der Waals surface area (Å²) in [5.41, 5.74) is 1.85. The van der Waals surface area contributed by atoms with Gasteiger partial charge in [-0.2, -0.15) is 0 Å². The third kappa shape index (κ3) is 2.43. The lowest BCUT2D eigenvalue weighted by molar-refractivity contribution is -0.272. The van der Waals surface area contributed by atoms with Crippen LogP contribution in [0, 0.1) is 46.3 Å². The average Bonchev–Trinajstić information content (AvgIpc) is 3.16. The van der Waals surface area contributed by atoms with E-state index in [-0.39, 0.29) is 17.0 Å². The van der Waals surface area contributed by atoms with Gasteiger partial charge in [0, 0.05) is 17.8 Å². The smallest absolute Gasteiger partial charge is 0.178 e. The zero-order chi connectivity index (χ0) is 20.9. The summed E-state index contributed by atoms with van der Waals surface area (Å²) >= 11 is 0. The molecule has 2 aliphatic heterocycles. The van der Waals surface area contributed by atoms with Crippen molar-refractivity contribution >= 4 is 5.78 Å². The van der Waals surface area contributed by atoms with Crippen molar-refractivity contribution < 1.29 is 14.3 Å². The van der Waals surface area contributed by atoms with Gasteiger partial charge in [0.25, 0.3) is 0 Å². The molecule has 2 saturated heterocycles. The molecule has 0 aromatic rings. The van der Waals surface area contributed by atoms with Crippen LogP contribution < -0.4 is 0 Å². The van der Waals surface area contributed by atoms with Crippen LogP contribution in [0.5, 0.6) is 0 Å². The van der Waals surface area contributed by atoms with Crippen molar-refractivity contribution in [1.82, 2.24) is 0 Å². The molecule has 0 aromatic carbocycles. The predicted octanol–water partition coefficient (Wildman–Crippen LogP) is 5.70. The van der Waals surface area contributed by atoms with Crippen LogP contribution in [0.25, 0.3) is 0 Å². The predicted molar refractivity (Wildman–Crippen MR) is 117 cm³/mol. The summed E-state index contributed by atoms with van der Waals surface area (Å²) in [6.45, 7) is 10.6. The van der Waals surface area contributed by atoms with E-state index in [1.807, 2.05) is 12.2 Å². The molecule has 3 nitrogen and oxygen atoms in total. The van der Waals surface area contributed by atoms with Crippen molar-refractivity contribution in [3.05, 3.63) is 23.8 Å². The number of carbonyl (C=O) groups is 1. The first-order chi connectivity index (χ1) is 14.3. The maximum absolute atomic E-state index is 12.0. The zero-order valence-corrected chi connectivity index (χ0v) is 19.2. The number of allylic oxidation sites excluding steroid dienone is 4. The Hall–Kier alpha value is -0.930. The Bertz CT molecular complexity index is 818. The first kappa shape index (κ1) is 19.7. The van der Waals surface area contributed by atoms with E-state index in [4.69, 9.17) is 9.47 Å². The van der Waals surface area contributed by atoms with E-state index in [0.29, 0.717) is 35.2 Å². The number of rotatable bonds is 0. The van der Waals surface area contributed by atoms with Crippen molar-refractivity contribution in [2.45, 2.75) is 84.5 Å². The molecule has 1 spiro atoms. The molecule has 4 aliphatic carbocycles. The number of hydrogen-bond donors (Lipinski definition) is 0. The van der Waals surface area contributed by atoms with E-state index in [0.717, 1.165) is 31.3 Å². The summed E-state index contributed by atoms with van der Waals surface area (Å²) < 4.78 is 13.3. The first-order valence-electron chi connectivity index (χ1n) is 12.5. The minimum atomic E-state index is -0.312. The third-order valence-electron chi connectivity index (χ3n) is 10.8. The largest absolute Gasteiger partial charge is 0.349 e. The number of hydrogen-bond acceptors (Lipinski definition) is 3. The van der Waals surface area contributed by atoms with E-state index < -0.39 is 0 Å². The van der Waals surface area contributed by atoms with Crippen LogP contribution >= 0.6 is 0 Å². The van der Waals surface area contributed by atoms with E-state index in [2.05, 4.69) is 33.8 Å². The number of carbonyl (C=O) groups excluding carboxylic acids is 1. The summed E-state index contributed by atoms with van der Waals surface area (Å²) in [5.74, 6) is 3.83. The minimum Gasteiger partial charge on any atom is -0.349 e. The van der Waals surface area contributed by atoms with E-state index >= 15 is 0 Å². The zero-order valence-electron chi connectivity index (χ0n) is 19.2. The van der Waals surface area contributed by atoms with Crippen LogP contribution in [0.4, 0.5) is 0 Å². The molecular formula is C27H38O3. The molecule has 164 valence electrons. The third-order valence-corrected chi connectivity index (χ3v) is 10.8. The lowest BCUT2D eigenvalue weighted by atomic mass is 9.47.